The second kappa shape index (κ2) is 7.21. The minimum absolute atomic E-state index is 0.0732. The minimum atomic E-state index is 0.0732. The highest BCUT2D eigenvalue weighted by atomic mass is 16.5. The van der Waals surface area contributed by atoms with Gasteiger partial charge < -0.3 is 14.1 Å². The predicted octanol–water partition coefficient (Wildman–Crippen LogP) is 2.34. The molecule has 0 unspecified atom stereocenters. The molecule has 4 heterocycles. The van der Waals surface area contributed by atoms with Crippen LogP contribution in [0.5, 0.6) is 0 Å². The number of likely N-dealkylation sites (tertiary alicyclic amines) is 2. The van der Waals surface area contributed by atoms with E-state index < -0.39 is 0 Å². The molecule has 2 fully saturated rings. The first-order valence-electron chi connectivity index (χ1n) is 9.16. The van der Waals surface area contributed by atoms with Gasteiger partial charge in [0.1, 0.15) is 5.76 Å². The molecule has 2 aliphatic rings. The number of ether oxygens (including phenoxy) is 1. The van der Waals surface area contributed by atoms with Crippen molar-refractivity contribution in [2.24, 2.45) is 5.92 Å². The zero-order valence-electron chi connectivity index (χ0n) is 15.3. The van der Waals surface area contributed by atoms with Crippen molar-refractivity contribution in [1.29, 1.82) is 0 Å². The third-order valence-electron chi connectivity index (χ3n) is 5.72. The first kappa shape index (κ1) is 17.2. The normalized spacial score (nSPS) is 26.1. The fourth-order valence-electron chi connectivity index (χ4n) is 4.42. The molecule has 138 valence electrons. The van der Waals surface area contributed by atoms with Crippen LogP contribution in [0.1, 0.15) is 28.1 Å². The van der Waals surface area contributed by atoms with Gasteiger partial charge in [0.25, 0.3) is 5.91 Å². The zero-order valence-corrected chi connectivity index (χ0v) is 15.3. The zero-order chi connectivity index (χ0) is 18.1. The Kier molecular flexibility index (Phi) is 4.78. The van der Waals surface area contributed by atoms with Crippen molar-refractivity contribution in [3.05, 3.63) is 53.7 Å². The maximum absolute atomic E-state index is 13.1. The summed E-state index contributed by atoms with van der Waals surface area (Å²) < 4.78 is 11.1. The van der Waals surface area contributed by atoms with Gasteiger partial charge in [-0.2, -0.15) is 0 Å². The van der Waals surface area contributed by atoms with Gasteiger partial charge in [-0.05, 0) is 31.0 Å². The standard InChI is InChI=1S/C20H25N3O3/c1-14-16(6-9-26-14)20(24)23-8-5-19(25-2)17-12-22(13-18(17)23)11-15-4-3-7-21-10-15/h3-4,6-7,9-10,17-19H,5,8,11-13H2,1-2H3/t17-,18+,19-/m1/s1. The molecule has 26 heavy (non-hydrogen) atoms. The van der Waals surface area contributed by atoms with Crippen LogP contribution >= 0.6 is 0 Å². The van der Waals surface area contributed by atoms with Crippen LogP contribution < -0.4 is 0 Å². The maximum atomic E-state index is 13.1. The fourth-order valence-corrected chi connectivity index (χ4v) is 4.42. The maximum Gasteiger partial charge on any atom is 0.257 e. The van der Waals surface area contributed by atoms with Crippen LogP contribution in [0, 0.1) is 12.8 Å². The molecule has 0 aliphatic carbocycles. The van der Waals surface area contributed by atoms with E-state index in [1.54, 1.807) is 25.6 Å². The first-order valence-corrected chi connectivity index (χ1v) is 9.16. The summed E-state index contributed by atoms with van der Waals surface area (Å²) in [6.07, 6.45) is 6.37. The molecule has 2 aromatic rings. The second-order valence-electron chi connectivity index (χ2n) is 7.24. The Balaban J connectivity index is 1.54. The van der Waals surface area contributed by atoms with Crippen LogP contribution in [0.15, 0.2) is 41.3 Å². The van der Waals surface area contributed by atoms with E-state index in [-0.39, 0.29) is 18.1 Å². The average molecular weight is 355 g/mol. The molecule has 2 saturated heterocycles. The molecule has 0 aromatic carbocycles. The van der Waals surface area contributed by atoms with E-state index in [0.29, 0.717) is 17.2 Å². The number of carbonyl (C=O) groups is 1. The number of aryl methyl sites for hydroxylation is 1. The lowest BCUT2D eigenvalue weighted by molar-refractivity contribution is -0.0157. The van der Waals surface area contributed by atoms with Crippen LogP contribution in [0.2, 0.25) is 0 Å². The Morgan fingerprint density at radius 3 is 2.96 bits per heavy atom. The minimum Gasteiger partial charge on any atom is -0.469 e. The quantitative estimate of drug-likeness (QED) is 0.843. The van der Waals surface area contributed by atoms with Crippen molar-refractivity contribution >= 4 is 5.91 Å². The molecule has 0 N–H and O–H groups in total. The Bertz CT molecular complexity index is 761. The van der Waals surface area contributed by atoms with E-state index in [4.69, 9.17) is 9.15 Å². The van der Waals surface area contributed by atoms with Crippen molar-refractivity contribution in [3.63, 3.8) is 0 Å². The fraction of sp³-hybridized carbons (Fsp3) is 0.500. The summed E-state index contributed by atoms with van der Waals surface area (Å²) >= 11 is 0. The number of hydrogen-bond acceptors (Lipinski definition) is 5. The van der Waals surface area contributed by atoms with Crippen molar-refractivity contribution < 1.29 is 13.9 Å². The summed E-state index contributed by atoms with van der Waals surface area (Å²) in [4.78, 5) is 21.7. The molecule has 0 saturated carbocycles. The largest absolute Gasteiger partial charge is 0.469 e. The molecule has 0 spiro atoms. The number of rotatable bonds is 4. The number of pyridine rings is 1. The highest BCUT2D eigenvalue weighted by Crippen LogP contribution is 2.34. The number of methoxy groups -OCH3 is 1. The summed E-state index contributed by atoms with van der Waals surface area (Å²) in [6.45, 7) is 5.22. The van der Waals surface area contributed by atoms with Crippen LogP contribution in [0.25, 0.3) is 0 Å². The Morgan fingerprint density at radius 1 is 1.38 bits per heavy atom. The summed E-state index contributed by atoms with van der Waals surface area (Å²) in [7, 11) is 1.78. The number of furan rings is 1. The molecule has 2 aromatic heterocycles. The summed E-state index contributed by atoms with van der Waals surface area (Å²) in [5.41, 5.74) is 1.87. The lowest BCUT2D eigenvalue weighted by Crippen LogP contribution is -2.53. The summed E-state index contributed by atoms with van der Waals surface area (Å²) in [6, 6.07) is 6.01. The summed E-state index contributed by atoms with van der Waals surface area (Å²) in [5.74, 6) is 1.09. The van der Waals surface area contributed by atoms with Gasteiger partial charge in [-0.25, -0.2) is 0 Å². The molecule has 4 rings (SSSR count). The van der Waals surface area contributed by atoms with Gasteiger partial charge in [0.05, 0.1) is 24.0 Å². The smallest absolute Gasteiger partial charge is 0.257 e. The molecule has 0 radical (unpaired) electrons. The van der Waals surface area contributed by atoms with Crippen LogP contribution in [-0.2, 0) is 11.3 Å². The Labute approximate surface area is 153 Å². The van der Waals surface area contributed by atoms with Gasteiger partial charge in [0.2, 0.25) is 0 Å². The topological polar surface area (TPSA) is 58.8 Å². The molecule has 1 amide bonds. The van der Waals surface area contributed by atoms with Crippen molar-refractivity contribution in [2.45, 2.75) is 32.0 Å². The van der Waals surface area contributed by atoms with Gasteiger partial charge in [-0.3, -0.25) is 14.7 Å². The SMILES string of the molecule is CO[C@@H]1CCN(C(=O)c2ccoc2C)[C@H]2CN(Cc3cccnc3)C[C@@H]12. The van der Waals surface area contributed by atoms with Gasteiger partial charge in [-0.1, -0.05) is 6.07 Å². The van der Waals surface area contributed by atoms with Gasteiger partial charge >= 0.3 is 0 Å². The van der Waals surface area contributed by atoms with E-state index in [2.05, 4.69) is 16.0 Å². The lowest BCUT2D eigenvalue weighted by atomic mass is 9.88. The van der Waals surface area contributed by atoms with Gasteiger partial charge in [0.15, 0.2) is 0 Å². The van der Waals surface area contributed by atoms with Crippen molar-refractivity contribution in [2.75, 3.05) is 26.7 Å². The molecular weight excluding hydrogens is 330 g/mol. The van der Waals surface area contributed by atoms with E-state index in [1.165, 1.54) is 5.56 Å². The van der Waals surface area contributed by atoms with Crippen LogP contribution in [0.3, 0.4) is 0 Å². The predicted molar refractivity (Wildman–Crippen MR) is 96.7 cm³/mol. The second-order valence-corrected chi connectivity index (χ2v) is 7.24. The summed E-state index contributed by atoms with van der Waals surface area (Å²) in [5, 5.41) is 0. The number of nitrogens with zero attached hydrogens (tertiary/aromatic N) is 3. The number of carbonyl (C=O) groups excluding carboxylic acids is 1. The van der Waals surface area contributed by atoms with Gasteiger partial charge in [-0.15, -0.1) is 0 Å². The molecule has 0 bridgehead atoms. The number of hydrogen-bond donors (Lipinski definition) is 0. The third kappa shape index (κ3) is 3.15. The van der Waals surface area contributed by atoms with Crippen molar-refractivity contribution in [1.82, 2.24) is 14.8 Å². The first-order chi connectivity index (χ1) is 12.7. The molecule has 6 heteroatoms. The van der Waals surface area contributed by atoms with E-state index in [1.807, 2.05) is 24.1 Å². The van der Waals surface area contributed by atoms with Crippen LogP contribution in [-0.4, -0.2) is 59.6 Å². The van der Waals surface area contributed by atoms with E-state index in [0.717, 1.165) is 32.6 Å². The number of aromatic nitrogens is 1. The Morgan fingerprint density at radius 2 is 2.27 bits per heavy atom. The van der Waals surface area contributed by atoms with Crippen LogP contribution in [0.4, 0.5) is 0 Å². The third-order valence-corrected chi connectivity index (χ3v) is 5.72. The molecule has 2 aliphatic heterocycles. The highest BCUT2D eigenvalue weighted by molar-refractivity contribution is 5.95. The Hall–Kier alpha value is -2.18. The highest BCUT2D eigenvalue weighted by Gasteiger charge is 2.46. The lowest BCUT2D eigenvalue weighted by Gasteiger charge is -2.41. The average Bonchev–Trinajstić information content (AvgIpc) is 3.27. The van der Waals surface area contributed by atoms with E-state index >= 15 is 0 Å². The van der Waals surface area contributed by atoms with E-state index in [9.17, 15) is 4.79 Å². The molecular formula is C20H25N3O3. The monoisotopic (exact) mass is 355 g/mol. The molecule has 6 nitrogen and oxygen atoms in total. The van der Waals surface area contributed by atoms with Crippen molar-refractivity contribution in [3.8, 4) is 0 Å². The van der Waals surface area contributed by atoms with Gasteiger partial charge in [0, 0.05) is 51.6 Å². The molecule has 3 atom stereocenters. The number of piperidine rings is 1. The number of fused-ring (bicyclic) bond motifs is 1. The number of amides is 1.